The topological polar surface area (TPSA) is 51.5 Å². The van der Waals surface area contributed by atoms with E-state index in [4.69, 9.17) is 17.0 Å². The van der Waals surface area contributed by atoms with Gasteiger partial charge in [-0.25, -0.2) is 4.79 Å². The van der Waals surface area contributed by atoms with E-state index in [2.05, 4.69) is 4.57 Å². The third kappa shape index (κ3) is 4.18. The number of hydrogen-bond donors (Lipinski definition) is 0. The van der Waals surface area contributed by atoms with Gasteiger partial charge >= 0.3 is 5.97 Å². The Morgan fingerprint density at radius 2 is 1.85 bits per heavy atom. The fourth-order valence-electron chi connectivity index (χ4n) is 3.87. The van der Waals surface area contributed by atoms with Crippen molar-refractivity contribution >= 4 is 63.3 Å². The average Bonchev–Trinajstić information content (AvgIpc) is 3.33. The van der Waals surface area contributed by atoms with Crippen molar-refractivity contribution in [3.05, 3.63) is 74.3 Å². The van der Waals surface area contributed by atoms with Crippen LogP contribution in [0.5, 0.6) is 0 Å². The molecule has 1 aromatic carbocycles. The second kappa shape index (κ2) is 9.29. The van der Waals surface area contributed by atoms with E-state index >= 15 is 0 Å². The van der Waals surface area contributed by atoms with E-state index in [0.29, 0.717) is 21.4 Å². The molecule has 8 heteroatoms. The summed E-state index contributed by atoms with van der Waals surface area (Å²) < 4.78 is 7.92. The monoisotopic (exact) mass is 496 g/mol. The summed E-state index contributed by atoms with van der Waals surface area (Å²) in [6.45, 7) is 10.1. The fourth-order valence-corrected chi connectivity index (χ4v) is 6.41. The van der Waals surface area contributed by atoms with Gasteiger partial charge in [0.05, 0.1) is 22.8 Å². The molecule has 170 valence electrons. The molecule has 1 amide bonds. The van der Waals surface area contributed by atoms with Gasteiger partial charge in [0.1, 0.15) is 5.00 Å². The standard InChI is InChI=1S/C25H24N2O3S3/c1-6-30-24(29)21-15(3)17(5)32-23(21)26-14(2)12-18(16(26)4)13-20-22(28)27(25(31)33-20)19-10-8-7-9-11-19/h7-13H,6H2,1-5H3/b20-13+. The number of hydrogen-bond acceptors (Lipinski definition) is 6. The summed E-state index contributed by atoms with van der Waals surface area (Å²) in [6.07, 6.45) is 1.89. The van der Waals surface area contributed by atoms with Crippen LogP contribution in [0.2, 0.25) is 0 Å². The number of aromatic nitrogens is 1. The molecule has 3 aromatic rings. The van der Waals surface area contributed by atoms with E-state index in [1.165, 1.54) is 11.8 Å². The van der Waals surface area contributed by atoms with E-state index < -0.39 is 0 Å². The summed E-state index contributed by atoms with van der Waals surface area (Å²) in [5, 5.41) is 0.843. The number of thiocarbonyl (C=S) groups is 1. The van der Waals surface area contributed by atoms with Crippen LogP contribution in [-0.4, -0.2) is 27.4 Å². The lowest BCUT2D eigenvalue weighted by molar-refractivity contribution is -0.113. The molecular formula is C25H24N2O3S3. The molecule has 5 nitrogen and oxygen atoms in total. The molecular weight excluding hydrogens is 472 g/mol. The first-order chi connectivity index (χ1) is 15.7. The molecule has 0 bridgehead atoms. The number of aryl methyl sites for hydroxylation is 2. The lowest BCUT2D eigenvalue weighted by Gasteiger charge is -2.13. The molecule has 1 aliphatic heterocycles. The molecule has 1 aliphatic rings. The summed E-state index contributed by atoms with van der Waals surface area (Å²) in [5.41, 5.74) is 5.14. The first-order valence-corrected chi connectivity index (χ1v) is 12.6. The minimum absolute atomic E-state index is 0.129. The number of carbonyl (C=O) groups excluding carboxylic acids is 2. The van der Waals surface area contributed by atoms with Crippen LogP contribution in [0, 0.1) is 27.7 Å². The smallest absolute Gasteiger partial charge is 0.341 e. The molecule has 4 rings (SSSR count). The number of thiophene rings is 1. The lowest BCUT2D eigenvalue weighted by atomic mass is 10.1. The van der Waals surface area contributed by atoms with Crippen LogP contribution in [0.25, 0.3) is 11.1 Å². The second-order valence-corrected chi connectivity index (χ2v) is 10.6. The molecule has 33 heavy (non-hydrogen) atoms. The van der Waals surface area contributed by atoms with E-state index in [1.807, 2.05) is 77.1 Å². The maximum atomic E-state index is 13.1. The Bertz CT molecular complexity index is 1300. The first kappa shape index (κ1) is 23.5. The first-order valence-electron chi connectivity index (χ1n) is 10.5. The van der Waals surface area contributed by atoms with Crippen molar-refractivity contribution in [3.63, 3.8) is 0 Å². The lowest BCUT2D eigenvalue weighted by Crippen LogP contribution is -2.27. The zero-order chi connectivity index (χ0) is 23.9. The van der Waals surface area contributed by atoms with E-state index in [1.54, 1.807) is 16.2 Å². The summed E-state index contributed by atoms with van der Waals surface area (Å²) in [4.78, 5) is 29.1. The molecule has 0 spiro atoms. The highest BCUT2D eigenvalue weighted by Gasteiger charge is 2.33. The van der Waals surface area contributed by atoms with Crippen molar-refractivity contribution < 1.29 is 14.3 Å². The average molecular weight is 497 g/mol. The number of carbonyl (C=O) groups is 2. The van der Waals surface area contributed by atoms with Gasteiger partial charge in [0.15, 0.2) is 4.32 Å². The molecule has 0 unspecified atom stereocenters. The SMILES string of the molecule is CCOC(=O)c1c(-n2c(C)cc(/C=C3/SC(=S)N(c4ccccc4)C3=O)c2C)sc(C)c1C. The van der Waals surface area contributed by atoms with E-state index in [-0.39, 0.29) is 11.9 Å². The summed E-state index contributed by atoms with van der Waals surface area (Å²) in [5.74, 6) is -0.442. The number of anilines is 1. The molecule has 3 heterocycles. The van der Waals surface area contributed by atoms with Crippen LogP contribution < -0.4 is 4.90 Å². The number of thioether (sulfide) groups is 1. The zero-order valence-corrected chi connectivity index (χ0v) is 21.5. The number of ether oxygens (including phenoxy) is 1. The van der Waals surface area contributed by atoms with Crippen LogP contribution in [0.15, 0.2) is 41.3 Å². The minimum atomic E-state index is -0.313. The van der Waals surface area contributed by atoms with Crippen LogP contribution in [0.4, 0.5) is 5.69 Å². The Morgan fingerprint density at radius 3 is 2.52 bits per heavy atom. The van der Waals surface area contributed by atoms with Gasteiger partial charge in [-0.3, -0.25) is 9.69 Å². The molecule has 0 radical (unpaired) electrons. The number of amides is 1. The largest absolute Gasteiger partial charge is 0.462 e. The molecule has 1 saturated heterocycles. The molecule has 0 saturated carbocycles. The highest BCUT2D eigenvalue weighted by Crippen LogP contribution is 2.38. The van der Waals surface area contributed by atoms with Gasteiger partial charge in [-0.05, 0) is 70.0 Å². The predicted molar refractivity (Wildman–Crippen MR) is 141 cm³/mol. The Labute approximate surface area is 207 Å². The predicted octanol–water partition coefficient (Wildman–Crippen LogP) is 6.35. The zero-order valence-electron chi connectivity index (χ0n) is 19.1. The molecule has 0 atom stereocenters. The van der Waals surface area contributed by atoms with Crippen molar-refractivity contribution in [2.24, 2.45) is 0 Å². The summed E-state index contributed by atoms with van der Waals surface area (Å²) in [6, 6.07) is 11.5. The normalized spacial score (nSPS) is 15.1. The molecule has 1 fully saturated rings. The van der Waals surface area contributed by atoms with E-state index in [0.717, 1.165) is 38.1 Å². The minimum Gasteiger partial charge on any atom is -0.462 e. The maximum Gasteiger partial charge on any atom is 0.341 e. The van der Waals surface area contributed by atoms with Crippen molar-refractivity contribution in [2.45, 2.75) is 34.6 Å². The van der Waals surface area contributed by atoms with Gasteiger partial charge in [-0.15, -0.1) is 11.3 Å². The highest BCUT2D eigenvalue weighted by molar-refractivity contribution is 8.27. The quantitative estimate of drug-likeness (QED) is 0.234. The molecule has 0 N–H and O–H groups in total. The number of para-hydroxylation sites is 1. The molecule has 2 aromatic heterocycles. The van der Waals surface area contributed by atoms with Gasteiger partial charge in [0.25, 0.3) is 5.91 Å². The fraction of sp³-hybridized carbons (Fsp3) is 0.240. The highest BCUT2D eigenvalue weighted by atomic mass is 32.2. The third-order valence-electron chi connectivity index (χ3n) is 5.61. The summed E-state index contributed by atoms with van der Waals surface area (Å²) >= 11 is 8.37. The van der Waals surface area contributed by atoms with Crippen LogP contribution in [-0.2, 0) is 9.53 Å². The van der Waals surface area contributed by atoms with Crippen molar-refractivity contribution in [2.75, 3.05) is 11.5 Å². The number of esters is 1. The molecule has 0 aliphatic carbocycles. The van der Waals surface area contributed by atoms with Gasteiger partial charge in [0.2, 0.25) is 0 Å². The number of nitrogens with zero attached hydrogens (tertiary/aromatic N) is 2. The van der Waals surface area contributed by atoms with Crippen molar-refractivity contribution in [1.82, 2.24) is 4.57 Å². The Hall–Kier alpha value is -2.68. The van der Waals surface area contributed by atoms with E-state index in [9.17, 15) is 9.59 Å². The Balaban J connectivity index is 1.75. The Morgan fingerprint density at radius 1 is 1.15 bits per heavy atom. The van der Waals surface area contributed by atoms with Crippen LogP contribution in [0.1, 0.15) is 44.7 Å². The van der Waals surface area contributed by atoms with Crippen LogP contribution in [0.3, 0.4) is 0 Å². The third-order valence-corrected chi connectivity index (χ3v) is 8.11. The van der Waals surface area contributed by atoms with Crippen LogP contribution >= 0.6 is 35.3 Å². The van der Waals surface area contributed by atoms with Gasteiger partial charge in [-0.2, -0.15) is 0 Å². The maximum absolute atomic E-state index is 13.1. The number of benzene rings is 1. The van der Waals surface area contributed by atoms with Crippen molar-refractivity contribution in [1.29, 1.82) is 0 Å². The van der Waals surface area contributed by atoms with Gasteiger partial charge < -0.3 is 9.30 Å². The van der Waals surface area contributed by atoms with Gasteiger partial charge in [0, 0.05) is 16.3 Å². The van der Waals surface area contributed by atoms with Crippen molar-refractivity contribution in [3.8, 4) is 5.00 Å². The summed E-state index contributed by atoms with van der Waals surface area (Å²) in [7, 11) is 0. The number of rotatable bonds is 5. The van der Waals surface area contributed by atoms with Gasteiger partial charge in [-0.1, -0.05) is 42.2 Å². The Kier molecular flexibility index (Phi) is 6.61. The second-order valence-electron chi connectivity index (χ2n) is 7.70.